The fraction of sp³-hybridized carbons (Fsp3) is 0.263. The van der Waals surface area contributed by atoms with Crippen LogP contribution in [0.1, 0.15) is 35.1 Å². The molecule has 1 saturated heterocycles. The van der Waals surface area contributed by atoms with Crippen molar-refractivity contribution in [2.24, 2.45) is 0 Å². The maximum absolute atomic E-state index is 13.1. The van der Waals surface area contributed by atoms with Crippen molar-refractivity contribution in [3.8, 4) is 0 Å². The number of rotatable bonds is 3. The molecule has 2 aliphatic rings. The van der Waals surface area contributed by atoms with Crippen LogP contribution in [0.4, 0.5) is 11.4 Å². The van der Waals surface area contributed by atoms with Crippen LogP contribution in [-0.2, 0) is 4.79 Å². The second-order valence-corrected chi connectivity index (χ2v) is 9.33. The Morgan fingerprint density at radius 3 is 2.71 bits per heavy atom. The number of fused-ring (bicyclic) bond motifs is 3. The van der Waals surface area contributed by atoms with E-state index in [2.05, 4.69) is 5.32 Å². The molecule has 28 heavy (non-hydrogen) atoms. The van der Waals surface area contributed by atoms with Gasteiger partial charge in [0.05, 0.1) is 4.92 Å². The molecular weight excluding hydrogens is 402 g/mol. The van der Waals surface area contributed by atoms with E-state index < -0.39 is 21.6 Å². The van der Waals surface area contributed by atoms with E-state index in [1.54, 1.807) is 28.8 Å². The van der Waals surface area contributed by atoms with Crippen LogP contribution in [0.3, 0.4) is 0 Å². The standard InChI is InChI=1S/C19H16ClN3O4S/c1-19(2)15(16(24)21-10-7-8-13(20)14(9-10)23(26)27)22-17(25)11-5-3-4-6-12(11)18(22)28-19/h3-9,15,18H,1-2H3,(H,21,24)/t15-,18?/m1/s1. The Balaban J connectivity index is 1.65. The summed E-state index contributed by atoms with van der Waals surface area (Å²) in [4.78, 5) is 38.2. The van der Waals surface area contributed by atoms with Gasteiger partial charge >= 0.3 is 0 Å². The minimum atomic E-state index is -0.725. The summed E-state index contributed by atoms with van der Waals surface area (Å²) >= 11 is 7.39. The van der Waals surface area contributed by atoms with E-state index in [9.17, 15) is 19.7 Å². The van der Waals surface area contributed by atoms with Crippen LogP contribution in [-0.4, -0.2) is 32.4 Å². The Morgan fingerprint density at radius 2 is 2.00 bits per heavy atom. The molecule has 1 fully saturated rings. The van der Waals surface area contributed by atoms with E-state index >= 15 is 0 Å². The average molecular weight is 418 g/mol. The van der Waals surface area contributed by atoms with E-state index in [1.807, 2.05) is 26.0 Å². The molecule has 2 amide bonds. The molecule has 0 saturated carbocycles. The van der Waals surface area contributed by atoms with Crippen LogP contribution in [0, 0.1) is 10.1 Å². The molecular formula is C19H16ClN3O4S. The summed E-state index contributed by atoms with van der Waals surface area (Å²) < 4.78 is -0.531. The minimum absolute atomic E-state index is 0.00927. The van der Waals surface area contributed by atoms with Gasteiger partial charge in [0.1, 0.15) is 16.4 Å². The Hall–Kier alpha value is -2.58. The van der Waals surface area contributed by atoms with Crippen LogP contribution in [0.2, 0.25) is 5.02 Å². The van der Waals surface area contributed by atoms with Crippen molar-refractivity contribution < 1.29 is 14.5 Å². The van der Waals surface area contributed by atoms with E-state index in [4.69, 9.17) is 11.6 Å². The summed E-state index contributed by atoms with van der Waals surface area (Å²) in [5.74, 6) is -0.571. The predicted molar refractivity (Wildman–Crippen MR) is 108 cm³/mol. The molecule has 0 aliphatic carbocycles. The smallest absolute Gasteiger partial charge is 0.289 e. The Bertz CT molecular complexity index is 1030. The van der Waals surface area contributed by atoms with Crippen LogP contribution >= 0.6 is 23.4 Å². The highest BCUT2D eigenvalue weighted by molar-refractivity contribution is 8.01. The fourth-order valence-corrected chi connectivity index (χ4v) is 5.52. The molecule has 2 heterocycles. The summed E-state index contributed by atoms with van der Waals surface area (Å²) in [7, 11) is 0. The van der Waals surface area contributed by atoms with Gasteiger partial charge in [0.15, 0.2) is 0 Å². The second-order valence-electron chi connectivity index (χ2n) is 7.19. The average Bonchev–Trinajstić information content (AvgIpc) is 3.06. The number of halogens is 1. The zero-order valence-corrected chi connectivity index (χ0v) is 16.6. The number of hydrogen-bond donors (Lipinski definition) is 1. The highest BCUT2D eigenvalue weighted by Gasteiger charge is 2.57. The summed E-state index contributed by atoms with van der Waals surface area (Å²) in [6, 6.07) is 10.7. The van der Waals surface area contributed by atoms with Gasteiger partial charge in [0.2, 0.25) is 5.91 Å². The molecule has 0 radical (unpaired) electrons. The fourth-order valence-electron chi connectivity index (χ4n) is 3.75. The third-order valence-electron chi connectivity index (χ3n) is 4.96. The topological polar surface area (TPSA) is 92.6 Å². The Labute approximate surface area is 170 Å². The van der Waals surface area contributed by atoms with Gasteiger partial charge < -0.3 is 10.2 Å². The first-order valence-electron chi connectivity index (χ1n) is 8.55. The zero-order valence-electron chi connectivity index (χ0n) is 15.0. The number of nitro groups is 1. The quantitative estimate of drug-likeness (QED) is 0.595. The van der Waals surface area contributed by atoms with Crippen molar-refractivity contribution in [3.05, 3.63) is 68.7 Å². The first-order valence-corrected chi connectivity index (χ1v) is 9.80. The Kier molecular flexibility index (Phi) is 4.35. The number of hydrogen-bond acceptors (Lipinski definition) is 5. The number of thioether (sulfide) groups is 1. The largest absolute Gasteiger partial charge is 0.324 e. The Morgan fingerprint density at radius 1 is 1.29 bits per heavy atom. The molecule has 0 bridgehead atoms. The molecule has 2 aromatic carbocycles. The van der Waals surface area contributed by atoms with Crippen LogP contribution < -0.4 is 5.32 Å². The second kappa shape index (κ2) is 6.49. The van der Waals surface area contributed by atoms with Crippen molar-refractivity contribution in [1.29, 1.82) is 0 Å². The summed E-state index contributed by atoms with van der Waals surface area (Å²) in [5, 5.41) is 13.6. The van der Waals surface area contributed by atoms with Gasteiger partial charge in [-0.2, -0.15) is 0 Å². The number of carbonyl (C=O) groups excluding carboxylic acids is 2. The van der Waals surface area contributed by atoms with Gasteiger partial charge in [-0.1, -0.05) is 29.8 Å². The highest BCUT2D eigenvalue weighted by atomic mass is 35.5. The molecule has 0 aromatic heterocycles. The lowest BCUT2D eigenvalue weighted by molar-refractivity contribution is -0.384. The van der Waals surface area contributed by atoms with Crippen LogP contribution in [0.5, 0.6) is 0 Å². The number of nitrogens with zero attached hydrogens (tertiary/aromatic N) is 2. The molecule has 7 nitrogen and oxygen atoms in total. The van der Waals surface area contributed by atoms with E-state index in [1.165, 1.54) is 18.2 Å². The lowest BCUT2D eigenvalue weighted by Gasteiger charge is -2.29. The van der Waals surface area contributed by atoms with Gasteiger partial charge in [0.25, 0.3) is 11.6 Å². The third-order valence-corrected chi connectivity index (χ3v) is 6.81. The monoisotopic (exact) mass is 417 g/mol. The number of benzene rings is 2. The van der Waals surface area contributed by atoms with Crippen molar-refractivity contribution in [1.82, 2.24) is 4.90 Å². The van der Waals surface area contributed by atoms with Gasteiger partial charge in [-0.3, -0.25) is 19.7 Å². The molecule has 9 heteroatoms. The summed E-state index contributed by atoms with van der Waals surface area (Å²) in [6.45, 7) is 3.83. The molecule has 1 N–H and O–H groups in total. The van der Waals surface area contributed by atoms with E-state index in [-0.39, 0.29) is 27.7 Å². The first-order chi connectivity index (χ1) is 13.2. The first kappa shape index (κ1) is 18.8. The van der Waals surface area contributed by atoms with Crippen molar-refractivity contribution in [3.63, 3.8) is 0 Å². The summed E-state index contributed by atoms with van der Waals surface area (Å²) in [5.41, 5.74) is 1.48. The lowest BCUT2D eigenvalue weighted by atomic mass is 10.0. The van der Waals surface area contributed by atoms with Gasteiger partial charge in [-0.15, -0.1) is 11.8 Å². The predicted octanol–water partition coefficient (Wildman–Crippen LogP) is 4.24. The number of nitrogens with one attached hydrogen (secondary N) is 1. The maximum atomic E-state index is 13.1. The molecule has 2 aromatic rings. The molecule has 144 valence electrons. The van der Waals surface area contributed by atoms with E-state index in [0.717, 1.165) is 5.56 Å². The SMILES string of the molecule is CC1(C)SC2c3ccccc3C(=O)N2[C@@H]1C(=O)Nc1ccc(Cl)c([N+](=O)[O-])c1. The third kappa shape index (κ3) is 2.84. The number of nitro benzene ring substituents is 1. The van der Waals surface area contributed by atoms with Crippen molar-refractivity contribution in [2.45, 2.75) is 30.0 Å². The van der Waals surface area contributed by atoms with Gasteiger partial charge in [-0.05, 0) is 37.6 Å². The number of amides is 2. The number of anilines is 1. The number of carbonyl (C=O) groups is 2. The summed E-state index contributed by atoms with van der Waals surface area (Å²) in [6.07, 6.45) is 0. The van der Waals surface area contributed by atoms with Gasteiger partial charge in [0, 0.05) is 22.1 Å². The minimum Gasteiger partial charge on any atom is -0.324 e. The molecule has 2 atom stereocenters. The van der Waals surface area contributed by atoms with Crippen molar-refractivity contribution >= 4 is 46.6 Å². The lowest BCUT2D eigenvalue weighted by Crippen LogP contribution is -2.50. The zero-order chi connectivity index (χ0) is 20.2. The molecule has 4 rings (SSSR count). The maximum Gasteiger partial charge on any atom is 0.289 e. The molecule has 0 spiro atoms. The normalized spacial score (nSPS) is 22.0. The van der Waals surface area contributed by atoms with Gasteiger partial charge in [-0.25, -0.2) is 0 Å². The highest BCUT2D eigenvalue weighted by Crippen LogP contribution is 2.56. The van der Waals surface area contributed by atoms with Crippen LogP contribution in [0.15, 0.2) is 42.5 Å². The molecule has 1 unspecified atom stereocenters. The van der Waals surface area contributed by atoms with Crippen LogP contribution in [0.25, 0.3) is 0 Å². The molecule has 2 aliphatic heterocycles. The van der Waals surface area contributed by atoms with E-state index in [0.29, 0.717) is 5.56 Å². The van der Waals surface area contributed by atoms with Crippen molar-refractivity contribution in [2.75, 3.05) is 5.32 Å².